The quantitative estimate of drug-likeness (QED) is 0.427. The number of amides is 1. The van der Waals surface area contributed by atoms with Crippen LogP contribution >= 0.6 is 0 Å². The number of benzene rings is 3. The van der Waals surface area contributed by atoms with Gasteiger partial charge in [0.05, 0.1) is 12.7 Å². The SMILES string of the molecule is O=C(c1cn(Cc2cccc3ccccc23)nn1)N1CCN(c2nc3ccccc3o2)CC1. The first kappa shape index (κ1) is 19.5. The summed E-state index contributed by atoms with van der Waals surface area (Å²) in [6.07, 6.45) is 1.73. The fraction of sp³-hybridized carbons (Fsp3) is 0.200. The van der Waals surface area contributed by atoms with Crippen LogP contribution in [0.15, 0.2) is 77.3 Å². The minimum Gasteiger partial charge on any atom is -0.423 e. The summed E-state index contributed by atoms with van der Waals surface area (Å²) in [6, 6.07) is 22.8. The Morgan fingerprint density at radius 1 is 0.909 bits per heavy atom. The summed E-state index contributed by atoms with van der Waals surface area (Å²) in [5, 5.41) is 10.7. The Bertz CT molecular complexity index is 1410. The van der Waals surface area contributed by atoms with E-state index < -0.39 is 0 Å². The molecule has 1 saturated heterocycles. The van der Waals surface area contributed by atoms with Crippen LogP contribution in [0, 0.1) is 0 Å². The second-order valence-electron chi connectivity index (χ2n) is 8.18. The molecule has 2 aromatic heterocycles. The average Bonchev–Trinajstić information content (AvgIpc) is 3.51. The fourth-order valence-electron chi connectivity index (χ4n) is 4.34. The van der Waals surface area contributed by atoms with E-state index in [0.717, 1.165) is 16.7 Å². The number of hydrogen-bond acceptors (Lipinski definition) is 6. The minimum atomic E-state index is -0.101. The second-order valence-corrected chi connectivity index (χ2v) is 8.18. The Morgan fingerprint density at radius 2 is 1.70 bits per heavy atom. The van der Waals surface area contributed by atoms with Gasteiger partial charge in [-0.05, 0) is 28.5 Å². The van der Waals surface area contributed by atoms with Crippen molar-refractivity contribution in [3.8, 4) is 0 Å². The molecule has 1 amide bonds. The summed E-state index contributed by atoms with van der Waals surface area (Å²) in [7, 11) is 0. The molecule has 0 unspecified atom stereocenters. The highest BCUT2D eigenvalue weighted by atomic mass is 16.4. The van der Waals surface area contributed by atoms with Crippen molar-refractivity contribution in [3.63, 3.8) is 0 Å². The predicted octanol–water partition coefficient (Wildman–Crippen LogP) is 3.58. The zero-order chi connectivity index (χ0) is 22.2. The second kappa shape index (κ2) is 8.05. The van der Waals surface area contributed by atoms with Crippen LogP contribution in [0.2, 0.25) is 0 Å². The van der Waals surface area contributed by atoms with E-state index in [4.69, 9.17) is 4.42 Å². The van der Waals surface area contributed by atoms with Gasteiger partial charge in [0.25, 0.3) is 11.9 Å². The average molecular weight is 438 g/mol. The van der Waals surface area contributed by atoms with E-state index in [0.29, 0.717) is 44.4 Å². The molecule has 0 saturated carbocycles. The van der Waals surface area contributed by atoms with E-state index in [1.165, 1.54) is 10.8 Å². The number of hydrogen-bond donors (Lipinski definition) is 0. The number of aromatic nitrogens is 4. The highest BCUT2D eigenvalue weighted by molar-refractivity contribution is 5.92. The maximum absolute atomic E-state index is 13.0. The van der Waals surface area contributed by atoms with Crippen molar-refractivity contribution in [1.82, 2.24) is 24.9 Å². The van der Waals surface area contributed by atoms with Gasteiger partial charge in [-0.3, -0.25) is 4.79 Å². The molecule has 33 heavy (non-hydrogen) atoms. The largest absolute Gasteiger partial charge is 0.423 e. The Labute approximate surface area is 190 Å². The molecule has 3 heterocycles. The number of oxazole rings is 1. The van der Waals surface area contributed by atoms with Crippen LogP contribution in [-0.4, -0.2) is 57.0 Å². The number of rotatable bonds is 4. The van der Waals surface area contributed by atoms with Crippen LogP contribution in [0.3, 0.4) is 0 Å². The van der Waals surface area contributed by atoms with Crippen LogP contribution in [-0.2, 0) is 6.54 Å². The Morgan fingerprint density at radius 3 is 2.58 bits per heavy atom. The monoisotopic (exact) mass is 438 g/mol. The molecule has 0 spiro atoms. The first-order chi connectivity index (χ1) is 16.2. The lowest BCUT2D eigenvalue weighted by Gasteiger charge is -2.33. The van der Waals surface area contributed by atoms with Gasteiger partial charge in [-0.1, -0.05) is 59.8 Å². The Hall–Kier alpha value is -4.20. The third kappa shape index (κ3) is 3.69. The molecule has 164 valence electrons. The number of carbonyl (C=O) groups excluding carboxylic acids is 1. The van der Waals surface area contributed by atoms with Gasteiger partial charge in [-0.2, -0.15) is 4.98 Å². The van der Waals surface area contributed by atoms with Gasteiger partial charge in [0.1, 0.15) is 5.52 Å². The lowest BCUT2D eigenvalue weighted by atomic mass is 10.0. The minimum absolute atomic E-state index is 0.101. The first-order valence-electron chi connectivity index (χ1n) is 11.0. The van der Waals surface area contributed by atoms with Crippen LogP contribution in [0.1, 0.15) is 16.1 Å². The highest BCUT2D eigenvalue weighted by Gasteiger charge is 2.26. The van der Waals surface area contributed by atoms with E-state index in [-0.39, 0.29) is 5.91 Å². The molecule has 6 rings (SSSR count). The number of fused-ring (bicyclic) bond motifs is 2. The molecule has 3 aromatic carbocycles. The van der Waals surface area contributed by atoms with Crippen LogP contribution in [0.4, 0.5) is 6.01 Å². The molecular weight excluding hydrogens is 416 g/mol. The van der Waals surface area contributed by atoms with E-state index in [1.54, 1.807) is 10.9 Å². The van der Waals surface area contributed by atoms with Gasteiger partial charge in [0.2, 0.25) is 0 Å². The maximum atomic E-state index is 13.0. The first-order valence-corrected chi connectivity index (χ1v) is 11.0. The molecule has 8 nitrogen and oxygen atoms in total. The summed E-state index contributed by atoms with van der Waals surface area (Å²) < 4.78 is 7.59. The molecule has 5 aromatic rings. The fourth-order valence-corrected chi connectivity index (χ4v) is 4.34. The molecule has 1 fully saturated rings. The topological polar surface area (TPSA) is 80.3 Å². The number of nitrogens with zero attached hydrogens (tertiary/aromatic N) is 6. The number of carbonyl (C=O) groups is 1. The van der Waals surface area contributed by atoms with Gasteiger partial charge in [0.15, 0.2) is 11.3 Å². The molecule has 0 bridgehead atoms. The van der Waals surface area contributed by atoms with E-state index >= 15 is 0 Å². The molecule has 8 heteroatoms. The van der Waals surface area contributed by atoms with Crippen LogP contribution < -0.4 is 4.90 Å². The third-order valence-electron chi connectivity index (χ3n) is 6.09. The molecule has 0 N–H and O–H groups in total. The molecule has 0 radical (unpaired) electrons. The van der Waals surface area contributed by atoms with E-state index in [1.807, 2.05) is 47.4 Å². The third-order valence-corrected chi connectivity index (χ3v) is 6.09. The summed E-state index contributed by atoms with van der Waals surface area (Å²) in [5.41, 5.74) is 3.12. The van der Waals surface area contributed by atoms with Crippen LogP contribution in [0.25, 0.3) is 21.9 Å². The number of para-hydroxylation sites is 2. The number of anilines is 1. The zero-order valence-electron chi connectivity index (χ0n) is 18.0. The van der Waals surface area contributed by atoms with Gasteiger partial charge >= 0.3 is 0 Å². The van der Waals surface area contributed by atoms with Crippen molar-refractivity contribution < 1.29 is 9.21 Å². The Kier molecular flexibility index (Phi) is 4.75. The van der Waals surface area contributed by atoms with Gasteiger partial charge < -0.3 is 14.2 Å². The van der Waals surface area contributed by atoms with Crippen molar-refractivity contribution in [2.75, 3.05) is 31.1 Å². The molecule has 1 aliphatic heterocycles. The predicted molar refractivity (Wildman–Crippen MR) is 125 cm³/mol. The standard InChI is InChI=1S/C25H22N6O2/c32-24(29-12-14-30(15-13-29)25-26-21-10-3-4-11-23(21)33-25)22-17-31(28-27-22)16-19-8-5-7-18-6-1-2-9-20(18)19/h1-11,17H,12-16H2. The Balaban J connectivity index is 1.13. The molecule has 0 atom stereocenters. The molecule has 0 aliphatic carbocycles. The maximum Gasteiger partial charge on any atom is 0.298 e. The summed E-state index contributed by atoms with van der Waals surface area (Å²) in [4.78, 5) is 21.5. The van der Waals surface area contributed by atoms with Crippen molar-refractivity contribution >= 4 is 33.8 Å². The lowest BCUT2D eigenvalue weighted by Crippen LogP contribution is -2.49. The van der Waals surface area contributed by atoms with Gasteiger partial charge in [-0.15, -0.1) is 5.10 Å². The molecule has 1 aliphatic rings. The zero-order valence-corrected chi connectivity index (χ0v) is 18.0. The van der Waals surface area contributed by atoms with Crippen molar-refractivity contribution in [2.45, 2.75) is 6.54 Å². The van der Waals surface area contributed by atoms with E-state index in [2.05, 4.69) is 44.5 Å². The lowest BCUT2D eigenvalue weighted by molar-refractivity contribution is 0.0739. The van der Waals surface area contributed by atoms with E-state index in [9.17, 15) is 4.79 Å². The summed E-state index contributed by atoms with van der Waals surface area (Å²) in [6.45, 7) is 3.03. The van der Waals surface area contributed by atoms with Crippen molar-refractivity contribution in [2.24, 2.45) is 0 Å². The smallest absolute Gasteiger partial charge is 0.298 e. The van der Waals surface area contributed by atoms with Crippen molar-refractivity contribution in [3.05, 3.63) is 84.2 Å². The van der Waals surface area contributed by atoms with Gasteiger partial charge in [-0.25, -0.2) is 4.68 Å². The number of piperazine rings is 1. The highest BCUT2D eigenvalue weighted by Crippen LogP contribution is 2.23. The normalized spacial score (nSPS) is 14.3. The summed E-state index contributed by atoms with van der Waals surface area (Å²) >= 11 is 0. The van der Waals surface area contributed by atoms with Gasteiger partial charge in [0, 0.05) is 26.2 Å². The van der Waals surface area contributed by atoms with Crippen molar-refractivity contribution in [1.29, 1.82) is 0 Å². The molecular formula is C25H22N6O2. The van der Waals surface area contributed by atoms with Crippen LogP contribution in [0.5, 0.6) is 0 Å². The summed E-state index contributed by atoms with van der Waals surface area (Å²) in [5.74, 6) is -0.101.